The van der Waals surface area contributed by atoms with Crippen LogP contribution in [-0.2, 0) is 0 Å². The summed E-state index contributed by atoms with van der Waals surface area (Å²) in [5.41, 5.74) is 0. The van der Waals surface area contributed by atoms with Crippen LogP contribution >= 0.6 is 21.8 Å². The molecule has 0 radical (unpaired) electrons. The Hall–Kier alpha value is -0.150. The van der Waals surface area contributed by atoms with Crippen molar-refractivity contribution in [3.8, 4) is 0 Å². The second-order valence-electron chi connectivity index (χ2n) is 4.44. The fraction of sp³-hybridized carbons (Fsp3) is 0.909. The minimum atomic E-state index is -0.905. The number of β-amino-alcohol motifs (C(OH)–C–C–N with tert-alkyl or cyclic N) is 1. The molecule has 1 aliphatic heterocycles. The van der Waals surface area contributed by atoms with E-state index >= 15 is 0 Å². The maximum atomic E-state index is 10.6. The van der Waals surface area contributed by atoms with Crippen LogP contribution in [0.25, 0.3) is 0 Å². The summed E-state index contributed by atoms with van der Waals surface area (Å²) in [7, 11) is 4.41. The molecule has 2 N–H and O–H groups in total. The van der Waals surface area contributed by atoms with Gasteiger partial charge < -0.3 is 15.1 Å². The zero-order valence-electron chi connectivity index (χ0n) is 11.3. The van der Waals surface area contributed by atoms with Crippen molar-refractivity contribution in [1.82, 2.24) is 14.1 Å². The minimum absolute atomic E-state index is 0.241. The van der Waals surface area contributed by atoms with Gasteiger partial charge in [0.25, 0.3) is 0 Å². The standard InChI is InChI=1S/C11H23N3O3S2/c1-12(11(16)17)19-18-10-2-3-13-4-6-14(7-5-13)8-9-15/h15H,2-10H2,1H3,(H,16,17). The predicted molar refractivity (Wildman–Crippen MR) is 80.4 cm³/mol. The average Bonchev–Trinajstić information content (AvgIpc) is 2.40. The molecule has 0 aromatic heterocycles. The van der Waals surface area contributed by atoms with Crippen molar-refractivity contribution in [3.63, 3.8) is 0 Å². The first-order valence-corrected chi connectivity index (χ1v) is 8.73. The number of hydrogen-bond donors (Lipinski definition) is 2. The van der Waals surface area contributed by atoms with Gasteiger partial charge in [0.05, 0.1) is 6.61 Å². The molecule has 1 fully saturated rings. The zero-order chi connectivity index (χ0) is 14.1. The van der Waals surface area contributed by atoms with Crippen LogP contribution in [-0.4, -0.2) is 89.1 Å². The van der Waals surface area contributed by atoms with E-state index in [1.807, 2.05) is 0 Å². The lowest BCUT2D eigenvalue weighted by Crippen LogP contribution is -2.47. The normalized spacial score (nSPS) is 17.6. The molecule has 0 aliphatic carbocycles. The summed E-state index contributed by atoms with van der Waals surface area (Å²) in [6.45, 7) is 6.28. The molecule has 1 aliphatic rings. The Bertz CT molecular complexity index is 264. The Balaban J connectivity index is 1.98. The predicted octanol–water partition coefficient (Wildman–Crippen LogP) is 0.893. The summed E-state index contributed by atoms with van der Waals surface area (Å²) >= 11 is 0. The van der Waals surface area contributed by atoms with Crippen molar-refractivity contribution in [2.24, 2.45) is 0 Å². The number of aliphatic hydroxyl groups is 1. The van der Waals surface area contributed by atoms with E-state index in [1.54, 1.807) is 17.8 Å². The molecule has 112 valence electrons. The van der Waals surface area contributed by atoms with Crippen LogP contribution in [0.15, 0.2) is 0 Å². The van der Waals surface area contributed by atoms with Gasteiger partial charge in [0.2, 0.25) is 0 Å². The monoisotopic (exact) mass is 309 g/mol. The van der Waals surface area contributed by atoms with Gasteiger partial charge in [0.1, 0.15) is 0 Å². The first-order chi connectivity index (χ1) is 9.13. The topological polar surface area (TPSA) is 67.2 Å². The van der Waals surface area contributed by atoms with E-state index < -0.39 is 6.09 Å². The fourth-order valence-electron chi connectivity index (χ4n) is 1.87. The van der Waals surface area contributed by atoms with Crippen LogP contribution in [0.5, 0.6) is 0 Å². The number of carboxylic acid groups (broad SMARTS) is 1. The van der Waals surface area contributed by atoms with Crippen LogP contribution in [0.4, 0.5) is 4.79 Å². The number of amides is 1. The highest BCUT2D eigenvalue weighted by Gasteiger charge is 2.15. The number of rotatable bonds is 8. The van der Waals surface area contributed by atoms with Crippen LogP contribution < -0.4 is 0 Å². The van der Waals surface area contributed by atoms with Gasteiger partial charge in [0.15, 0.2) is 0 Å². The third-order valence-corrected chi connectivity index (χ3v) is 5.44. The number of piperazine rings is 1. The summed E-state index contributed by atoms with van der Waals surface area (Å²) in [4.78, 5) is 15.3. The van der Waals surface area contributed by atoms with Gasteiger partial charge in [-0.05, 0) is 13.0 Å². The smallest absolute Gasteiger partial charge is 0.417 e. The van der Waals surface area contributed by atoms with E-state index in [0.29, 0.717) is 0 Å². The third kappa shape index (κ3) is 7.26. The molecule has 0 saturated carbocycles. The van der Waals surface area contributed by atoms with E-state index in [4.69, 9.17) is 10.2 Å². The molecular formula is C11H23N3O3S2. The van der Waals surface area contributed by atoms with Gasteiger partial charge in [-0.3, -0.25) is 4.90 Å². The van der Waals surface area contributed by atoms with E-state index in [1.165, 1.54) is 15.3 Å². The first-order valence-electron chi connectivity index (χ1n) is 6.45. The summed E-state index contributed by atoms with van der Waals surface area (Å²) in [6.07, 6.45) is 0.169. The minimum Gasteiger partial charge on any atom is -0.464 e. The molecule has 0 atom stereocenters. The molecule has 0 aromatic rings. The highest BCUT2D eigenvalue weighted by atomic mass is 33.1. The Labute approximate surface area is 122 Å². The van der Waals surface area contributed by atoms with E-state index in [0.717, 1.165) is 51.4 Å². The molecule has 1 rings (SSSR count). The number of hydrogen-bond acceptors (Lipinski definition) is 6. The summed E-state index contributed by atoms with van der Waals surface area (Å²) in [6, 6.07) is 0. The molecule has 8 heteroatoms. The van der Waals surface area contributed by atoms with Gasteiger partial charge >= 0.3 is 6.09 Å². The molecule has 0 spiro atoms. The molecule has 1 heterocycles. The zero-order valence-corrected chi connectivity index (χ0v) is 13.0. The second kappa shape index (κ2) is 9.71. The maximum Gasteiger partial charge on any atom is 0.417 e. The number of carbonyl (C=O) groups is 1. The lowest BCUT2D eigenvalue weighted by Gasteiger charge is -2.34. The van der Waals surface area contributed by atoms with E-state index in [9.17, 15) is 4.79 Å². The summed E-state index contributed by atoms with van der Waals surface area (Å²) in [5, 5.41) is 17.5. The molecule has 19 heavy (non-hydrogen) atoms. The molecule has 0 aromatic carbocycles. The van der Waals surface area contributed by atoms with Gasteiger partial charge in [-0.1, -0.05) is 10.8 Å². The SMILES string of the molecule is CN(SSCCCN1CCN(CCO)CC1)C(=O)O. The van der Waals surface area contributed by atoms with Crippen LogP contribution in [0, 0.1) is 0 Å². The van der Waals surface area contributed by atoms with Crippen LogP contribution in [0.2, 0.25) is 0 Å². The highest BCUT2D eigenvalue weighted by Crippen LogP contribution is 2.25. The van der Waals surface area contributed by atoms with Gasteiger partial charge in [-0.15, -0.1) is 0 Å². The van der Waals surface area contributed by atoms with E-state index in [2.05, 4.69) is 9.80 Å². The molecule has 0 bridgehead atoms. The van der Waals surface area contributed by atoms with E-state index in [-0.39, 0.29) is 6.61 Å². The quantitative estimate of drug-likeness (QED) is 0.392. The third-order valence-electron chi connectivity index (χ3n) is 3.02. The van der Waals surface area contributed by atoms with Crippen molar-refractivity contribution in [2.45, 2.75) is 6.42 Å². The summed E-state index contributed by atoms with van der Waals surface area (Å²) in [5.74, 6) is 0.957. The number of aliphatic hydroxyl groups excluding tert-OH is 1. The highest BCUT2D eigenvalue weighted by molar-refractivity contribution is 8.75. The van der Waals surface area contributed by atoms with Gasteiger partial charge in [-0.25, -0.2) is 9.10 Å². The second-order valence-corrected chi connectivity index (χ2v) is 6.93. The molecule has 6 nitrogen and oxygen atoms in total. The Morgan fingerprint density at radius 1 is 1.21 bits per heavy atom. The lowest BCUT2D eigenvalue weighted by molar-refractivity contribution is 0.113. The Morgan fingerprint density at radius 2 is 1.79 bits per heavy atom. The lowest BCUT2D eigenvalue weighted by atomic mass is 10.3. The summed E-state index contributed by atoms with van der Waals surface area (Å²) < 4.78 is 1.22. The Morgan fingerprint density at radius 3 is 2.32 bits per heavy atom. The van der Waals surface area contributed by atoms with Gasteiger partial charge in [-0.2, -0.15) is 0 Å². The largest absolute Gasteiger partial charge is 0.464 e. The van der Waals surface area contributed by atoms with Crippen LogP contribution in [0.1, 0.15) is 6.42 Å². The molecule has 0 unspecified atom stereocenters. The van der Waals surface area contributed by atoms with Crippen molar-refractivity contribution >= 4 is 27.9 Å². The van der Waals surface area contributed by atoms with Crippen molar-refractivity contribution in [1.29, 1.82) is 0 Å². The fourth-order valence-corrected chi connectivity index (χ4v) is 3.66. The molecule has 1 amide bonds. The van der Waals surface area contributed by atoms with Crippen LogP contribution in [0.3, 0.4) is 0 Å². The number of nitrogens with zero attached hydrogens (tertiary/aromatic N) is 3. The maximum absolute atomic E-state index is 10.6. The van der Waals surface area contributed by atoms with Gasteiger partial charge in [0, 0.05) is 56.5 Å². The molecule has 1 saturated heterocycles. The van der Waals surface area contributed by atoms with Crippen molar-refractivity contribution < 1.29 is 15.0 Å². The van der Waals surface area contributed by atoms with Crippen molar-refractivity contribution in [2.75, 3.05) is 58.7 Å². The first kappa shape index (κ1) is 16.9. The molecular weight excluding hydrogens is 286 g/mol. The Kier molecular flexibility index (Phi) is 8.64. The average molecular weight is 309 g/mol. The van der Waals surface area contributed by atoms with Crippen molar-refractivity contribution in [3.05, 3.63) is 0 Å².